The van der Waals surface area contributed by atoms with Crippen molar-refractivity contribution in [3.05, 3.63) is 242 Å². The highest BCUT2D eigenvalue weighted by Crippen LogP contribution is 2.48. The third kappa shape index (κ3) is 8.46. The first kappa shape index (κ1) is 45.1. The molecule has 0 amide bonds. The second-order valence-electron chi connectivity index (χ2n) is 19.7. The van der Waals surface area contributed by atoms with Gasteiger partial charge >= 0.3 is 0 Å². The Morgan fingerprint density at radius 3 is 1.12 bits per heavy atom. The molecular formula is C67H54N3OP. The van der Waals surface area contributed by atoms with Gasteiger partial charge in [-0.05, 0) is 103 Å². The molecule has 1 fully saturated rings. The minimum atomic E-state index is -2.59. The van der Waals surface area contributed by atoms with Gasteiger partial charge in [0.25, 0.3) is 0 Å². The predicted molar refractivity (Wildman–Crippen MR) is 302 cm³/mol. The zero-order valence-corrected chi connectivity index (χ0v) is 41.6. The maximum Gasteiger partial charge on any atom is 0.164 e. The van der Waals surface area contributed by atoms with E-state index in [1.807, 2.05) is 19.4 Å². The van der Waals surface area contributed by atoms with Crippen LogP contribution in [0.5, 0.6) is 0 Å². The standard InChI is InChI=1S/C67H54N3OP/c1-72(2,71)63-60-26-14-12-24-58(60)62(59-25-13-15-27-61(59)63)50-36-40-54(41-37-50)67(44-16-5-17-45-67)55-42-38-53(39-43-55)66-69-64(51-32-28-47(29-33-51)46-18-6-3-7-19-46)68-65(70-66)52-34-30-49(31-35-52)57-23-11-10-22-56(57)48-20-8-4-9-21-48/h3-4,6-15,18-43H,5,16-17,44-45H2,1-2H3. The average Bonchev–Trinajstić information content (AvgIpc) is 3.45. The summed E-state index contributed by atoms with van der Waals surface area (Å²) in [5.41, 5.74) is 14.7. The van der Waals surface area contributed by atoms with E-state index in [4.69, 9.17) is 15.0 Å². The lowest BCUT2D eigenvalue weighted by molar-refractivity contribution is 0.346. The van der Waals surface area contributed by atoms with Gasteiger partial charge in [0.05, 0.1) is 0 Å². The lowest BCUT2D eigenvalue weighted by Crippen LogP contribution is -2.30. The molecule has 4 nitrogen and oxygen atoms in total. The van der Waals surface area contributed by atoms with Crippen molar-refractivity contribution in [2.45, 2.75) is 37.5 Å². The van der Waals surface area contributed by atoms with Gasteiger partial charge in [-0.3, -0.25) is 0 Å². The predicted octanol–water partition coefficient (Wildman–Crippen LogP) is 17.3. The zero-order chi connectivity index (χ0) is 48.7. The number of hydrogen-bond acceptors (Lipinski definition) is 4. The van der Waals surface area contributed by atoms with Gasteiger partial charge in [0.15, 0.2) is 17.5 Å². The van der Waals surface area contributed by atoms with Gasteiger partial charge in [0.1, 0.15) is 7.14 Å². The second kappa shape index (κ2) is 18.9. The van der Waals surface area contributed by atoms with Crippen LogP contribution in [0, 0.1) is 0 Å². The fraction of sp³-hybridized carbons (Fsp3) is 0.119. The summed E-state index contributed by atoms with van der Waals surface area (Å²) in [6.45, 7) is 3.78. The van der Waals surface area contributed by atoms with Crippen molar-refractivity contribution in [3.63, 3.8) is 0 Å². The number of fused-ring (bicyclic) bond motifs is 2. The quantitative estimate of drug-likeness (QED) is 0.101. The number of aromatic nitrogens is 3. The number of rotatable bonds is 10. The van der Waals surface area contributed by atoms with Crippen LogP contribution < -0.4 is 5.30 Å². The highest BCUT2D eigenvalue weighted by Gasteiger charge is 2.36. The molecule has 1 saturated carbocycles. The molecule has 5 heteroatoms. The minimum Gasteiger partial charge on any atom is -0.319 e. The molecule has 1 aromatic heterocycles. The Morgan fingerprint density at radius 1 is 0.333 bits per heavy atom. The Balaban J connectivity index is 0.913. The number of benzene rings is 10. The van der Waals surface area contributed by atoms with Crippen LogP contribution >= 0.6 is 7.14 Å². The summed E-state index contributed by atoms with van der Waals surface area (Å²) in [5, 5.41) is 5.40. The van der Waals surface area contributed by atoms with E-state index in [1.165, 1.54) is 63.8 Å². The summed E-state index contributed by atoms with van der Waals surface area (Å²) < 4.78 is 13.9. The first-order valence-corrected chi connectivity index (χ1v) is 27.8. The molecule has 1 heterocycles. The highest BCUT2D eigenvalue weighted by molar-refractivity contribution is 7.71. The van der Waals surface area contributed by atoms with Crippen molar-refractivity contribution in [1.82, 2.24) is 15.0 Å². The van der Waals surface area contributed by atoms with Crippen molar-refractivity contribution in [3.8, 4) is 78.7 Å². The van der Waals surface area contributed by atoms with Crippen molar-refractivity contribution in [2.24, 2.45) is 0 Å². The monoisotopic (exact) mass is 947 g/mol. The molecule has 0 atom stereocenters. The molecule has 0 spiro atoms. The summed E-state index contributed by atoms with van der Waals surface area (Å²) in [4.78, 5) is 15.6. The van der Waals surface area contributed by atoms with Gasteiger partial charge < -0.3 is 4.57 Å². The molecule has 11 aromatic rings. The van der Waals surface area contributed by atoms with Gasteiger partial charge in [-0.25, -0.2) is 15.0 Å². The Hall–Kier alpha value is -8.04. The van der Waals surface area contributed by atoms with Crippen LogP contribution in [0.1, 0.15) is 43.2 Å². The van der Waals surface area contributed by atoms with Gasteiger partial charge in [-0.1, -0.05) is 250 Å². The normalized spacial score (nSPS) is 13.6. The Morgan fingerprint density at radius 2 is 0.667 bits per heavy atom. The fourth-order valence-electron chi connectivity index (χ4n) is 11.4. The third-order valence-corrected chi connectivity index (χ3v) is 16.5. The topological polar surface area (TPSA) is 55.7 Å². The minimum absolute atomic E-state index is 0.128. The SMILES string of the molecule is CP(C)(=O)c1c2ccccc2c(-c2ccc(C3(c4ccc(-c5nc(-c6ccc(-c7ccccc7)cc6)nc(-c6ccc(-c7ccccc7-c7ccccc7)cc6)n5)cc4)CCCCC3)cc2)c2ccccc12. The molecule has 12 rings (SSSR count). The lowest BCUT2D eigenvalue weighted by atomic mass is 9.65. The third-order valence-electron chi connectivity index (χ3n) is 14.9. The van der Waals surface area contributed by atoms with Crippen molar-refractivity contribution >= 4 is 34.0 Å². The summed E-state index contributed by atoms with van der Waals surface area (Å²) in [6, 6.07) is 82.2. The van der Waals surface area contributed by atoms with E-state index in [0.29, 0.717) is 17.5 Å². The van der Waals surface area contributed by atoms with Gasteiger partial charge in [-0.15, -0.1) is 0 Å². The summed E-state index contributed by atoms with van der Waals surface area (Å²) >= 11 is 0. The number of hydrogen-bond donors (Lipinski definition) is 0. The average molecular weight is 948 g/mol. The molecule has 10 aromatic carbocycles. The van der Waals surface area contributed by atoms with Crippen LogP contribution in [-0.4, -0.2) is 28.3 Å². The maximum atomic E-state index is 13.9. The van der Waals surface area contributed by atoms with E-state index in [9.17, 15) is 4.57 Å². The van der Waals surface area contributed by atoms with E-state index in [2.05, 4.69) is 224 Å². The van der Waals surface area contributed by atoms with Crippen molar-refractivity contribution in [2.75, 3.05) is 13.3 Å². The molecule has 0 bridgehead atoms. The smallest absolute Gasteiger partial charge is 0.164 e. The van der Waals surface area contributed by atoms with Crippen LogP contribution in [0.25, 0.3) is 100 Å². The second-order valence-corrected chi connectivity index (χ2v) is 22.9. The van der Waals surface area contributed by atoms with Crippen LogP contribution in [0.15, 0.2) is 231 Å². The summed E-state index contributed by atoms with van der Waals surface area (Å²) in [6.07, 6.45) is 5.76. The Kier molecular flexibility index (Phi) is 11.9. The fourth-order valence-corrected chi connectivity index (χ4v) is 12.9. The summed E-state index contributed by atoms with van der Waals surface area (Å²) in [7, 11) is -2.59. The largest absolute Gasteiger partial charge is 0.319 e. The molecule has 0 saturated heterocycles. The maximum absolute atomic E-state index is 13.9. The van der Waals surface area contributed by atoms with Gasteiger partial charge in [0, 0.05) is 27.4 Å². The van der Waals surface area contributed by atoms with E-state index in [-0.39, 0.29) is 5.41 Å². The molecule has 0 unspecified atom stereocenters. The first-order valence-electron chi connectivity index (χ1n) is 25.2. The molecule has 1 aliphatic rings. The van der Waals surface area contributed by atoms with Crippen LogP contribution in [-0.2, 0) is 9.98 Å². The Labute approximate surface area is 422 Å². The molecule has 0 radical (unpaired) electrons. The van der Waals surface area contributed by atoms with Gasteiger partial charge in [0.2, 0.25) is 0 Å². The van der Waals surface area contributed by atoms with Crippen LogP contribution in [0.4, 0.5) is 0 Å². The highest BCUT2D eigenvalue weighted by atomic mass is 31.2. The van der Waals surface area contributed by atoms with Crippen molar-refractivity contribution in [1.29, 1.82) is 0 Å². The number of nitrogens with zero attached hydrogens (tertiary/aromatic N) is 3. The van der Waals surface area contributed by atoms with E-state index >= 15 is 0 Å². The van der Waals surface area contributed by atoms with Crippen LogP contribution in [0.3, 0.4) is 0 Å². The first-order chi connectivity index (χ1) is 35.3. The van der Waals surface area contributed by atoms with E-state index in [0.717, 1.165) is 67.5 Å². The van der Waals surface area contributed by atoms with Crippen LogP contribution in [0.2, 0.25) is 0 Å². The Bertz CT molecular complexity index is 3730. The molecule has 0 N–H and O–H groups in total. The van der Waals surface area contributed by atoms with E-state index < -0.39 is 7.14 Å². The zero-order valence-electron chi connectivity index (χ0n) is 40.7. The van der Waals surface area contributed by atoms with E-state index in [1.54, 1.807) is 0 Å². The van der Waals surface area contributed by atoms with Gasteiger partial charge in [-0.2, -0.15) is 0 Å². The lowest BCUT2D eigenvalue weighted by Gasteiger charge is -2.39. The molecule has 72 heavy (non-hydrogen) atoms. The molecule has 348 valence electrons. The summed E-state index contributed by atoms with van der Waals surface area (Å²) in [5.74, 6) is 1.91. The molecule has 1 aliphatic carbocycles. The van der Waals surface area contributed by atoms with Crippen molar-refractivity contribution < 1.29 is 4.57 Å². The molecule has 0 aliphatic heterocycles. The molecular weight excluding hydrogens is 894 g/mol.